The van der Waals surface area contributed by atoms with Gasteiger partial charge in [0, 0.05) is 17.7 Å². The van der Waals surface area contributed by atoms with E-state index in [1.807, 2.05) is 54.6 Å². The van der Waals surface area contributed by atoms with Gasteiger partial charge in [-0.25, -0.2) is 0 Å². The average Bonchev–Trinajstić information content (AvgIpc) is 3.58. The molecule has 0 atom stereocenters. The van der Waals surface area contributed by atoms with Crippen LogP contribution in [0.15, 0.2) is 88.5 Å². The van der Waals surface area contributed by atoms with Gasteiger partial charge in [-0.1, -0.05) is 47.3 Å². The minimum absolute atomic E-state index is 0.481. The van der Waals surface area contributed by atoms with Crippen molar-refractivity contribution < 1.29 is 14.0 Å². The molecule has 0 radical (unpaired) electrons. The SMILES string of the molecule is COc1ccc(-c2noc(CSc3nnc(-c4ccc(OC)cc4)n3CCc3ccccc3)n2)cc1. The highest BCUT2D eigenvalue weighted by atomic mass is 32.2. The first-order chi connectivity index (χ1) is 17.7. The number of aromatic nitrogens is 5. The summed E-state index contributed by atoms with van der Waals surface area (Å²) in [5, 5.41) is 13.9. The number of ether oxygens (including phenoxy) is 2. The van der Waals surface area contributed by atoms with E-state index in [0.29, 0.717) is 17.5 Å². The lowest BCUT2D eigenvalue weighted by atomic mass is 10.1. The summed E-state index contributed by atoms with van der Waals surface area (Å²) in [7, 11) is 3.29. The zero-order valence-electron chi connectivity index (χ0n) is 20.0. The van der Waals surface area contributed by atoms with Crippen molar-refractivity contribution in [2.24, 2.45) is 0 Å². The van der Waals surface area contributed by atoms with Crippen molar-refractivity contribution in [1.29, 1.82) is 0 Å². The maximum absolute atomic E-state index is 5.50. The molecule has 0 bridgehead atoms. The lowest BCUT2D eigenvalue weighted by molar-refractivity contribution is 0.391. The van der Waals surface area contributed by atoms with Crippen LogP contribution in [0.25, 0.3) is 22.8 Å². The van der Waals surface area contributed by atoms with E-state index >= 15 is 0 Å². The largest absolute Gasteiger partial charge is 0.497 e. The van der Waals surface area contributed by atoms with Crippen molar-refractivity contribution >= 4 is 11.8 Å². The molecule has 0 spiro atoms. The number of rotatable bonds is 10. The van der Waals surface area contributed by atoms with Crippen LogP contribution in [0.4, 0.5) is 0 Å². The average molecular weight is 500 g/mol. The smallest absolute Gasteiger partial charge is 0.237 e. The van der Waals surface area contributed by atoms with Crippen LogP contribution in [0.3, 0.4) is 0 Å². The minimum atomic E-state index is 0.481. The van der Waals surface area contributed by atoms with Gasteiger partial charge >= 0.3 is 0 Å². The number of methoxy groups -OCH3 is 2. The maximum atomic E-state index is 5.50. The molecule has 5 aromatic rings. The van der Waals surface area contributed by atoms with E-state index in [2.05, 4.69) is 49.2 Å². The second kappa shape index (κ2) is 11.1. The third-order valence-corrected chi connectivity index (χ3v) is 6.62. The Kier molecular flexibility index (Phi) is 7.28. The second-order valence-corrected chi connectivity index (χ2v) is 8.89. The molecule has 0 fully saturated rings. The van der Waals surface area contributed by atoms with Gasteiger partial charge in [0.1, 0.15) is 11.5 Å². The van der Waals surface area contributed by atoms with Crippen molar-refractivity contribution in [3.63, 3.8) is 0 Å². The van der Waals surface area contributed by atoms with E-state index in [0.717, 1.165) is 46.6 Å². The van der Waals surface area contributed by atoms with E-state index in [1.54, 1.807) is 14.2 Å². The van der Waals surface area contributed by atoms with Crippen molar-refractivity contribution in [3.05, 3.63) is 90.3 Å². The molecule has 0 saturated heterocycles. The van der Waals surface area contributed by atoms with Crippen LogP contribution in [-0.2, 0) is 18.7 Å². The Balaban J connectivity index is 1.35. The zero-order chi connectivity index (χ0) is 24.7. The fourth-order valence-electron chi connectivity index (χ4n) is 3.73. The van der Waals surface area contributed by atoms with Crippen LogP contribution >= 0.6 is 11.8 Å². The first-order valence-electron chi connectivity index (χ1n) is 11.4. The Labute approximate surface area is 213 Å². The number of benzene rings is 3. The highest BCUT2D eigenvalue weighted by Gasteiger charge is 2.17. The molecule has 0 aliphatic heterocycles. The summed E-state index contributed by atoms with van der Waals surface area (Å²) in [5.74, 6) is 3.93. The Bertz CT molecular complexity index is 1400. The lowest BCUT2D eigenvalue weighted by Crippen LogP contribution is -2.05. The first-order valence-corrected chi connectivity index (χ1v) is 12.4. The molecule has 0 unspecified atom stereocenters. The molecule has 5 rings (SSSR count). The predicted octanol–water partition coefficient (Wildman–Crippen LogP) is 5.55. The standard InChI is InChI=1S/C27H25N5O3S/c1-33-22-12-8-20(9-13-22)25-28-24(35-31-25)18-36-27-30-29-26(21-10-14-23(34-2)15-11-21)32(27)17-16-19-6-4-3-5-7-19/h3-15H,16-18H2,1-2H3. The van der Waals surface area contributed by atoms with Gasteiger partial charge in [-0.05, 0) is 60.5 Å². The zero-order valence-corrected chi connectivity index (χ0v) is 20.8. The summed E-state index contributed by atoms with van der Waals surface area (Å²) >= 11 is 1.52. The van der Waals surface area contributed by atoms with E-state index < -0.39 is 0 Å². The number of hydrogen-bond donors (Lipinski definition) is 0. The van der Waals surface area contributed by atoms with Crippen LogP contribution < -0.4 is 9.47 Å². The van der Waals surface area contributed by atoms with Crippen molar-refractivity contribution in [2.75, 3.05) is 14.2 Å². The van der Waals surface area contributed by atoms with Crippen LogP contribution in [0.2, 0.25) is 0 Å². The number of nitrogens with zero attached hydrogens (tertiary/aromatic N) is 5. The highest BCUT2D eigenvalue weighted by Crippen LogP contribution is 2.28. The molecule has 8 nitrogen and oxygen atoms in total. The van der Waals surface area contributed by atoms with Crippen LogP contribution in [0.1, 0.15) is 11.5 Å². The Morgan fingerprint density at radius 2 is 1.47 bits per heavy atom. The molecule has 0 aliphatic carbocycles. The molecule has 3 aromatic carbocycles. The topological polar surface area (TPSA) is 88.1 Å². The number of thioether (sulfide) groups is 1. The highest BCUT2D eigenvalue weighted by molar-refractivity contribution is 7.98. The van der Waals surface area contributed by atoms with Crippen LogP contribution in [0, 0.1) is 0 Å². The molecule has 0 aliphatic rings. The van der Waals surface area contributed by atoms with Gasteiger partial charge in [-0.2, -0.15) is 4.98 Å². The minimum Gasteiger partial charge on any atom is -0.497 e. The van der Waals surface area contributed by atoms with Crippen molar-refractivity contribution in [1.82, 2.24) is 24.9 Å². The van der Waals surface area contributed by atoms with E-state index in [9.17, 15) is 0 Å². The fourth-order valence-corrected chi connectivity index (χ4v) is 4.54. The summed E-state index contributed by atoms with van der Waals surface area (Å²) in [4.78, 5) is 4.55. The molecule has 2 aromatic heterocycles. The van der Waals surface area contributed by atoms with Gasteiger partial charge in [0.2, 0.25) is 11.7 Å². The monoisotopic (exact) mass is 499 g/mol. The Morgan fingerprint density at radius 3 is 2.14 bits per heavy atom. The van der Waals surface area contributed by atoms with Gasteiger partial charge in [-0.3, -0.25) is 0 Å². The van der Waals surface area contributed by atoms with Gasteiger partial charge < -0.3 is 18.6 Å². The van der Waals surface area contributed by atoms with Gasteiger partial charge in [-0.15, -0.1) is 10.2 Å². The van der Waals surface area contributed by atoms with Crippen molar-refractivity contribution in [3.8, 4) is 34.3 Å². The summed E-state index contributed by atoms with van der Waals surface area (Å²) in [5.41, 5.74) is 3.09. The molecule has 182 valence electrons. The van der Waals surface area contributed by atoms with Gasteiger partial charge in [0.25, 0.3) is 0 Å². The van der Waals surface area contributed by atoms with Crippen LogP contribution in [-0.4, -0.2) is 39.1 Å². The molecular weight excluding hydrogens is 474 g/mol. The fraction of sp³-hybridized carbons (Fsp3) is 0.185. The molecule has 0 N–H and O–H groups in total. The normalized spacial score (nSPS) is 10.9. The first kappa shape index (κ1) is 23.6. The third kappa shape index (κ3) is 5.41. The van der Waals surface area contributed by atoms with Gasteiger partial charge in [0.05, 0.1) is 20.0 Å². The molecule has 0 amide bonds. The second-order valence-electron chi connectivity index (χ2n) is 7.95. The maximum Gasteiger partial charge on any atom is 0.237 e. The molecular formula is C27H25N5O3S. The van der Waals surface area contributed by atoms with E-state index in [1.165, 1.54) is 17.3 Å². The Morgan fingerprint density at radius 1 is 0.806 bits per heavy atom. The van der Waals surface area contributed by atoms with Crippen molar-refractivity contribution in [2.45, 2.75) is 23.9 Å². The molecule has 0 saturated carbocycles. The summed E-state index contributed by atoms with van der Waals surface area (Å²) in [6.45, 7) is 0.738. The third-order valence-electron chi connectivity index (χ3n) is 5.67. The summed E-state index contributed by atoms with van der Waals surface area (Å²) in [6, 6.07) is 25.8. The van der Waals surface area contributed by atoms with Crippen LogP contribution in [0.5, 0.6) is 11.5 Å². The molecule has 2 heterocycles. The van der Waals surface area contributed by atoms with Gasteiger partial charge in [0.15, 0.2) is 11.0 Å². The quantitative estimate of drug-likeness (QED) is 0.231. The lowest BCUT2D eigenvalue weighted by Gasteiger charge is -2.10. The Hall–Kier alpha value is -4.11. The predicted molar refractivity (Wildman–Crippen MR) is 138 cm³/mol. The molecule has 9 heteroatoms. The number of aryl methyl sites for hydroxylation is 1. The summed E-state index contributed by atoms with van der Waals surface area (Å²) < 4.78 is 18.2. The number of hydrogen-bond acceptors (Lipinski definition) is 8. The summed E-state index contributed by atoms with van der Waals surface area (Å²) in [6.07, 6.45) is 0.859. The van der Waals surface area contributed by atoms with E-state index in [4.69, 9.17) is 14.0 Å². The molecule has 36 heavy (non-hydrogen) atoms. The van der Waals surface area contributed by atoms with E-state index in [-0.39, 0.29) is 0 Å².